The molecule has 0 saturated heterocycles. The maximum absolute atomic E-state index is 12.3. The fourth-order valence-corrected chi connectivity index (χ4v) is 2.58. The van der Waals surface area contributed by atoms with E-state index in [1.54, 1.807) is 13.0 Å². The highest BCUT2D eigenvalue weighted by atomic mass is 19.4. The monoisotopic (exact) mass is 342 g/mol. The normalized spacial score (nSPS) is 20.9. The lowest BCUT2D eigenvalue weighted by molar-refractivity contribution is -0.313. The van der Waals surface area contributed by atoms with E-state index >= 15 is 0 Å². The van der Waals surface area contributed by atoms with Crippen LogP contribution in [0.15, 0.2) is 35.9 Å². The summed E-state index contributed by atoms with van der Waals surface area (Å²) >= 11 is 0. The lowest BCUT2D eigenvalue weighted by Crippen LogP contribution is -2.42. The van der Waals surface area contributed by atoms with Gasteiger partial charge in [0.05, 0.1) is 5.92 Å². The van der Waals surface area contributed by atoms with E-state index in [0.29, 0.717) is 6.42 Å². The van der Waals surface area contributed by atoms with E-state index in [2.05, 4.69) is 10.1 Å². The SMILES string of the molecule is CC1=CC[C@H](C(=O)[O-])[C@@H](C(=O)Nc2ccc(OC(F)(F)F)cc2)C1. The molecule has 1 aliphatic rings. The number of carboxylic acid groups (broad SMARTS) is 1. The van der Waals surface area contributed by atoms with Gasteiger partial charge in [-0.15, -0.1) is 13.2 Å². The highest BCUT2D eigenvalue weighted by Gasteiger charge is 2.32. The number of nitrogens with one attached hydrogen (secondary N) is 1. The maximum Gasteiger partial charge on any atom is 0.573 e. The Hall–Kier alpha value is -2.51. The molecular weight excluding hydrogens is 327 g/mol. The molecule has 0 bridgehead atoms. The van der Waals surface area contributed by atoms with Crippen LogP contribution < -0.4 is 15.2 Å². The Morgan fingerprint density at radius 2 is 1.83 bits per heavy atom. The summed E-state index contributed by atoms with van der Waals surface area (Å²) in [7, 11) is 0. The second-order valence-corrected chi connectivity index (χ2v) is 5.58. The first-order valence-electron chi connectivity index (χ1n) is 7.19. The third-order valence-corrected chi connectivity index (χ3v) is 3.74. The number of hydrogen-bond donors (Lipinski definition) is 1. The Kier molecular flexibility index (Phi) is 5.16. The topological polar surface area (TPSA) is 78.5 Å². The Morgan fingerprint density at radius 1 is 1.21 bits per heavy atom. The van der Waals surface area contributed by atoms with Crippen LogP contribution in [0.5, 0.6) is 5.75 Å². The van der Waals surface area contributed by atoms with Crippen LogP contribution in [0.1, 0.15) is 19.8 Å². The van der Waals surface area contributed by atoms with E-state index in [1.807, 2.05) is 0 Å². The van der Waals surface area contributed by atoms with Crippen LogP contribution in [-0.4, -0.2) is 18.2 Å². The Balaban J connectivity index is 2.05. The first-order chi connectivity index (χ1) is 11.2. The van der Waals surface area contributed by atoms with Gasteiger partial charge in [-0.3, -0.25) is 4.79 Å². The predicted molar refractivity (Wildman–Crippen MR) is 76.7 cm³/mol. The standard InChI is InChI=1S/C16H16F3NO4/c1-9-2-7-12(15(22)23)13(8-9)14(21)20-10-3-5-11(6-4-10)24-16(17,18)19/h2-6,12-13H,7-8H2,1H3,(H,20,21)(H,22,23)/p-1/t12-,13-/m0/s1. The molecule has 0 radical (unpaired) electrons. The van der Waals surface area contributed by atoms with E-state index in [1.165, 1.54) is 12.1 Å². The zero-order chi connectivity index (χ0) is 17.9. The molecule has 2 atom stereocenters. The van der Waals surface area contributed by atoms with Crippen LogP contribution in [0.25, 0.3) is 0 Å². The fraction of sp³-hybridized carbons (Fsp3) is 0.375. The van der Waals surface area contributed by atoms with Crippen LogP contribution in [0, 0.1) is 11.8 Å². The van der Waals surface area contributed by atoms with Crippen molar-refractivity contribution in [2.45, 2.75) is 26.1 Å². The van der Waals surface area contributed by atoms with Crippen molar-refractivity contribution in [2.24, 2.45) is 11.8 Å². The summed E-state index contributed by atoms with van der Waals surface area (Å²) in [6, 6.07) is 4.62. The van der Waals surface area contributed by atoms with Gasteiger partial charge in [0, 0.05) is 17.6 Å². The Morgan fingerprint density at radius 3 is 2.38 bits per heavy atom. The van der Waals surface area contributed by atoms with Crippen molar-refractivity contribution in [1.29, 1.82) is 0 Å². The predicted octanol–water partition coefficient (Wildman–Crippen LogP) is 2.25. The van der Waals surface area contributed by atoms with Gasteiger partial charge >= 0.3 is 6.36 Å². The molecule has 0 aliphatic heterocycles. The van der Waals surface area contributed by atoms with Crippen molar-refractivity contribution >= 4 is 17.6 Å². The molecule has 0 heterocycles. The number of carbonyl (C=O) groups is 2. The molecule has 1 amide bonds. The zero-order valence-electron chi connectivity index (χ0n) is 12.7. The van der Waals surface area contributed by atoms with Crippen LogP contribution in [0.4, 0.5) is 18.9 Å². The summed E-state index contributed by atoms with van der Waals surface area (Å²) in [5.41, 5.74) is 1.15. The number of hydrogen-bond acceptors (Lipinski definition) is 4. The van der Waals surface area contributed by atoms with Gasteiger partial charge in [0.1, 0.15) is 5.75 Å². The molecule has 130 valence electrons. The lowest BCUT2D eigenvalue weighted by atomic mass is 9.79. The number of aliphatic carboxylic acids is 1. The summed E-state index contributed by atoms with van der Waals surface area (Å²) in [5.74, 6) is -3.94. The number of alkyl halides is 3. The van der Waals surface area contributed by atoms with Crippen LogP contribution in [-0.2, 0) is 9.59 Å². The summed E-state index contributed by atoms with van der Waals surface area (Å²) in [4.78, 5) is 23.5. The van der Waals surface area contributed by atoms with E-state index in [0.717, 1.165) is 17.7 Å². The van der Waals surface area contributed by atoms with Crippen molar-refractivity contribution < 1.29 is 32.6 Å². The number of amides is 1. The van der Waals surface area contributed by atoms with Crippen molar-refractivity contribution in [3.63, 3.8) is 0 Å². The van der Waals surface area contributed by atoms with Gasteiger partial charge in [0.2, 0.25) is 5.91 Å². The third-order valence-electron chi connectivity index (χ3n) is 3.74. The molecule has 0 aromatic heterocycles. The minimum Gasteiger partial charge on any atom is -0.550 e. The van der Waals surface area contributed by atoms with Gasteiger partial charge in [-0.25, -0.2) is 0 Å². The van der Waals surface area contributed by atoms with Crippen molar-refractivity contribution in [2.75, 3.05) is 5.32 Å². The van der Waals surface area contributed by atoms with Crippen molar-refractivity contribution in [3.05, 3.63) is 35.9 Å². The minimum absolute atomic E-state index is 0.213. The highest BCUT2D eigenvalue weighted by Crippen LogP contribution is 2.31. The molecule has 0 spiro atoms. The number of carbonyl (C=O) groups excluding carboxylic acids is 2. The first kappa shape index (κ1) is 17.8. The molecule has 8 heteroatoms. The zero-order valence-corrected chi connectivity index (χ0v) is 12.7. The molecule has 1 aromatic rings. The molecule has 0 unspecified atom stereocenters. The van der Waals surface area contributed by atoms with E-state index in [-0.39, 0.29) is 12.1 Å². The summed E-state index contributed by atoms with van der Waals surface area (Å²) < 4.78 is 40.0. The number of halogens is 3. The second kappa shape index (κ2) is 6.94. The number of benzene rings is 1. The molecule has 0 saturated carbocycles. The fourth-order valence-electron chi connectivity index (χ4n) is 2.58. The minimum atomic E-state index is -4.79. The van der Waals surface area contributed by atoms with Gasteiger partial charge in [-0.2, -0.15) is 0 Å². The van der Waals surface area contributed by atoms with Crippen LogP contribution in [0.3, 0.4) is 0 Å². The number of anilines is 1. The molecule has 1 aliphatic carbocycles. The average Bonchev–Trinajstić information content (AvgIpc) is 2.47. The number of ether oxygens (including phenoxy) is 1. The third kappa shape index (κ3) is 4.74. The molecule has 0 fully saturated rings. The number of rotatable bonds is 4. The van der Waals surface area contributed by atoms with Gasteiger partial charge in [0.25, 0.3) is 0 Å². The van der Waals surface area contributed by atoms with Crippen LogP contribution in [0.2, 0.25) is 0 Å². The van der Waals surface area contributed by atoms with Crippen LogP contribution >= 0.6 is 0 Å². The molecule has 5 nitrogen and oxygen atoms in total. The number of carboxylic acids is 1. The van der Waals surface area contributed by atoms with E-state index < -0.39 is 35.8 Å². The highest BCUT2D eigenvalue weighted by molar-refractivity contribution is 5.95. The second-order valence-electron chi connectivity index (χ2n) is 5.58. The average molecular weight is 342 g/mol. The molecule has 1 N–H and O–H groups in total. The maximum atomic E-state index is 12.3. The van der Waals surface area contributed by atoms with Gasteiger partial charge in [-0.1, -0.05) is 11.6 Å². The molecule has 24 heavy (non-hydrogen) atoms. The van der Waals surface area contributed by atoms with E-state index in [4.69, 9.17) is 0 Å². The first-order valence-corrected chi connectivity index (χ1v) is 7.19. The van der Waals surface area contributed by atoms with Gasteiger partial charge in [-0.05, 0) is 44.0 Å². The molecule has 1 aromatic carbocycles. The number of allylic oxidation sites excluding steroid dienone is 2. The van der Waals surface area contributed by atoms with Crippen molar-refractivity contribution in [1.82, 2.24) is 0 Å². The van der Waals surface area contributed by atoms with Gasteiger partial charge < -0.3 is 20.0 Å². The Bertz CT molecular complexity index is 652. The smallest absolute Gasteiger partial charge is 0.550 e. The Labute approximate surface area is 136 Å². The quantitative estimate of drug-likeness (QED) is 0.851. The molecule has 2 rings (SSSR count). The lowest BCUT2D eigenvalue weighted by Gasteiger charge is -2.30. The van der Waals surface area contributed by atoms with Crippen molar-refractivity contribution in [3.8, 4) is 5.75 Å². The summed E-state index contributed by atoms with van der Waals surface area (Å²) in [6.07, 6.45) is -2.53. The van der Waals surface area contributed by atoms with E-state index in [9.17, 15) is 27.9 Å². The summed E-state index contributed by atoms with van der Waals surface area (Å²) in [6.45, 7) is 1.80. The van der Waals surface area contributed by atoms with Gasteiger partial charge in [0.15, 0.2) is 0 Å². The largest absolute Gasteiger partial charge is 0.573 e. The molecular formula is C16H15F3NO4-. The summed E-state index contributed by atoms with van der Waals surface area (Å²) in [5, 5.41) is 13.7.